The molecule has 29 heavy (non-hydrogen) atoms. The van der Waals surface area contributed by atoms with E-state index in [1.807, 2.05) is 0 Å². The van der Waals surface area contributed by atoms with E-state index < -0.39 is 0 Å². The van der Waals surface area contributed by atoms with Crippen LogP contribution in [0.3, 0.4) is 0 Å². The van der Waals surface area contributed by atoms with E-state index in [-0.39, 0.29) is 5.41 Å². The van der Waals surface area contributed by atoms with Gasteiger partial charge >= 0.3 is 0 Å². The molecule has 0 spiro atoms. The third-order valence-electron chi connectivity index (χ3n) is 6.16. The molecule has 0 amide bonds. The average molecular weight is 409 g/mol. The molecule has 1 fully saturated rings. The third-order valence-corrected chi connectivity index (χ3v) is 6.67. The van der Waals surface area contributed by atoms with Crippen LogP contribution >= 0.6 is 12.2 Å². The monoisotopic (exact) mass is 408 g/mol. The summed E-state index contributed by atoms with van der Waals surface area (Å²) in [5.41, 5.74) is 11.2. The topological polar surface area (TPSA) is 6.48 Å². The summed E-state index contributed by atoms with van der Waals surface area (Å²) < 4.78 is 0. The van der Waals surface area contributed by atoms with Gasteiger partial charge in [-0.15, -0.1) is 0 Å². The Morgan fingerprint density at radius 1 is 0.690 bits per heavy atom. The van der Waals surface area contributed by atoms with Crippen LogP contribution in [0.2, 0.25) is 0 Å². The molecule has 3 rings (SSSR count). The summed E-state index contributed by atoms with van der Waals surface area (Å²) in [6.07, 6.45) is 0. The van der Waals surface area contributed by atoms with Crippen LogP contribution in [0.15, 0.2) is 24.3 Å². The van der Waals surface area contributed by atoms with Crippen molar-refractivity contribution in [3.63, 3.8) is 0 Å². The van der Waals surface area contributed by atoms with Gasteiger partial charge in [-0.25, -0.2) is 0 Å². The maximum Gasteiger partial charge on any atom is 0.172 e. The molecule has 2 aromatic carbocycles. The van der Waals surface area contributed by atoms with E-state index in [4.69, 9.17) is 12.2 Å². The van der Waals surface area contributed by atoms with Gasteiger partial charge in [0.05, 0.1) is 0 Å². The van der Waals surface area contributed by atoms with Gasteiger partial charge in [-0.3, -0.25) is 0 Å². The molecule has 156 valence electrons. The second kappa shape index (κ2) is 8.10. The normalized spacial score (nSPS) is 16.5. The summed E-state index contributed by atoms with van der Waals surface area (Å²) in [6.45, 7) is 21.8. The van der Waals surface area contributed by atoms with Crippen LogP contribution < -0.4 is 0 Å². The van der Waals surface area contributed by atoms with Gasteiger partial charge in [0.25, 0.3) is 0 Å². The summed E-state index contributed by atoms with van der Waals surface area (Å²) in [4.78, 5) is 4.84. The summed E-state index contributed by atoms with van der Waals surface area (Å²) in [5.74, 6) is 0. The minimum atomic E-state index is 0.196. The SMILES string of the molecule is Cc1cc(C)c(CN2CC(C)(C)CN(Cc3c(C)cc(C)cc3C)C2=S)c(C)c1. The van der Waals surface area contributed by atoms with Crippen molar-refractivity contribution in [3.8, 4) is 0 Å². The first-order chi connectivity index (χ1) is 13.5. The van der Waals surface area contributed by atoms with E-state index in [9.17, 15) is 0 Å². The van der Waals surface area contributed by atoms with Crippen molar-refractivity contribution in [2.45, 2.75) is 68.5 Å². The van der Waals surface area contributed by atoms with E-state index >= 15 is 0 Å². The average Bonchev–Trinajstić information content (AvgIpc) is 2.57. The molecule has 0 radical (unpaired) electrons. The fraction of sp³-hybridized carbons (Fsp3) is 0.500. The van der Waals surface area contributed by atoms with Crippen LogP contribution in [0.5, 0.6) is 0 Å². The molecule has 1 aliphatic rings. The molecule has 1 heterocycles. The van der Waals surface area contributed by atoms with Crippen LogP contribution in [0, 0.1) is 47.0 Å². The van der Waals surface area contributed by atoms with Crippen LogP contribution in [0.1, 0.15) is 58.4 Å². The Bertz CT molecular complexity index is 822. The van der Waals surface area contributed by atoms with Crippen LogP contribution in [-0.4, -0.2) is 28.0 Å². The lowest BCUT2D eigenvalue weighted by atomic mass is 9.89. The van der Waals surface area contributed by atoms with E-state index in [1.165, 1.54) is 44.5 Å². The number of hydrogen-bond acceptors (Lipinski definition) is 1. The predicted molar refractivity (Wildman–Crippen MR) is 129 cm³/mol. The molecule has 2 aromatic rings. The predicted octanol–water partition coefficient (Wildman–Crippen LogP) is 6.17. The summed E-state index contributed by atoms with van der Waals surface area (Å²) in [5, 5.41) is 0.989. The molecule has 3 heteroatoms. The van der Waals surface area contributed by atoms with Crippen molar-refractivity contribution in [2.75, 3.05) is 13.1 Å². The van der Waals surface area contributed by atoms with E-state index in [2.05, 4.69) is 89.5 Å². The molecule has 0 aliphatic carbocycles. The number of hydrogen-bond donors (Lipinski definition) is 0. The van der Waals surface area contributed by atoms with Crippen molar-refractivity contribution in [1.82, 2.24) is 9.80 Å². The lowest BCUT2D eigenvalue weighted by molar-refractivity contribution is 0.131. The minimum absolute atomic E-state index is 0.196. The lowest BCUT2D eigenvalue weighted by Gasteiger charge is -2.47. The number of nitrogens with zero attached hydrogens (tertiary/aromatic N) is 2. The van der Waals surface area contributed by atoms with Gasteiger partial charge in [-0.05, 0) is 92.6 Å². The molecule has 0 atom stereocenters. The maximum absolute atomic E-state index is 6.03. The van der Waals surface area contributed by atoms with Gasteiger partial charge in [0, 0.05) is 26.2 Å². The molecule has 0 bridgehead atoms. The van der Waals surface area contributed by atoms with E-state index in [0.717, 1.165) is 31.3 Å². The Morgan fingerprint density at radius 3 is 1.31 bits per heavy atom. The Labute approximate surface area is 182 Å². The summed E-state index contributed by atoms with van der Waals surface area (Å²) >= 11 is 6.03. The lowest BCUT2D eigenvalue weighted by Crippen LogP contribution is -2.56. The standard InChI is InChI=1S/C26H36N2S/c1-17-9-19(3)23(20(4)10-17)13-27-15-26(7,8)16-28(25(27)29)14-24-21(5)11-18(2)12-22(24)6/h9-12H,13-16H2,1-8H3. The van der Waals surface area contributed by atoms with Crippen molar-refractivity contribution < 1.29 is 0 Å². The van der Waals surface area contributed by atoms with Crippen molar-refractivity contribution in [3.05, 3.63) is 68.8 Å². The first-order valence-electron chi connectivity index (χ1n) is 10.6. The zero-order valence-electron chi connectivity index (χ0n) is 19.4. The smallest absolute Gasteiger partial charge is 0.172 e. The Morgan fingerprint density at radius 2 is 1.00 bits per heavy atom. The van der Waals surface area contributed by atoms with Gasteiger partial charge in [-0.2, -0.15) is 0 Å². The molecule has 0 N–H and O–H groups in total. The second-order valence-corrected chi connectivity index (χ2v) is 10.3. The largest absolute Gasteiger partial charge is 0.344 e. The van der Waals surface area contributed by atoms with Gasteiger partial charge < -0.3 is 9.80 Å². The van der Waals surface area contributed by atoms with Crippen LogP contribution in [0.25, 0.3) is 0 Å². The molecule has 2 nitrogen and oxygen atoms in total. The highest BCUT2D eigenvalue weighted by Crippen LogP contribution is 2.30. The minimum Gasteiger partial charge on any atom is -0.344 e. The number of rotatable bonds is 4. The highest BCUT2D eigenvalue weighted by Gasteiger charge is 2.34. The molecule has 0 saturated carbocycles. The van der Waals surface area contributed by atoms with E-state index in [0.29, 0.717) is 0 Å². The van der Waals surface area contributed by atoms with Crippen LogP contribution in [0.4, 0.5) is 0 Å². The van der Waals surface area contributed by atoms with Crippen LogP contribution in [-0.2, 0) is 13.1 Å². The van der Waals surface area contributed by atoms with Crippen molar-refractivity contribution in [2.24, 2.45) is 5.41 Å². The van der Waals surface area contributed by atoms with Gasteiger partial charge in [-0.1, -0.05) is 49.2 Å². The first kappa shape index (κ1) is 21.8. The van der Waals surface area contributed by atoms with Crippen molar-refractivity contribution >= 4 is 17.3 Å². The second-order valence-electron chi connectivity index (χ2n) is 9.91. The Balaban J connectivity index is 1.89. The highest BCUT2D eigenvalue weighted by atomic mass is 32.1. The van der Waals surface area contributed by atoms with Gasteiger partial charge in [0.2, 0.25) is 0 Å². The number of thiocarbonyl (C=S) groups is 1. The maximum atomic E-state index is 6.03. The molecule has 1 saturated heterocycles. The number of aryl methyl sites for hydroxylation is 6. The van der Waals surface area contributed by atoms with Gasteiger partial charge in [0.1, 0.15) is 0 Å². The molecular formula is C26H36N2S. The fourth-order valence-corrected chi connectivity index (χ4v) is 5.22. The Kier molecular flexibility index (Phi) is 6.10. The third kappa shape index (κ3) is 4.83. The fourth-order valence-electron chi connectivity index (χ4n) is 4.97. The summed E-state index contributed by atoms with van der Waals surface area (Å²) in [7, 11) is 0. The molecule has 0 unspecified atom stereocenters. The molecule has 0 aromatic heterocycles. The van der Waals surface area contributed by atoms with Gasteiger partial charge in [0.15, 0.2) is 5.11 Å². The quantitative estimate of drug-likeness (QED) is 0.559. The molecular weight excluding hydrogens is 372 g/mol. The summed E-state index contributed by atoms with van der Waals surface area (Å²) in [6, 6.07) is 9.16. The van der Waals surface area contributed by atoms with Crippen molar-refractivity contribution in [1.29, 1.82) is 0 Å². The van der Waals surface area contributed by atoms with E-state index in [1.54, 1.807) is 0 Å². The Hall–Kier alpha value is -1.87. The molecule has 1 aliphatic heterocycles. The first-order valence-corrected chi connectivity index (χ1v) is 11.0. The highest BCUT2D eigenvalue weighted by molar-refractivity contribution is 7.80. The zero-order chi connectivity index (χ0) is 21.5. The number of benzene rings is 2. The zero-order valence-corrected chi connectivity index (χ0v) is 20.3.